The number of amides is 1. The summed E-state index contributed by atoms with van der Waals surface area (Å²) in [4.78, 5) is 11.8. The summed E-state index contributed by atoms with van der Waals surface area (Å²) in [7, 11) is 0. The molecule has 0 rings (SSSR count). The van der Waals surface area contributed by atoms with Crippen molar-refractivity contribution < 1.29 is 4.79 Å². The smallest absolute Gasteiger partial charge is 0.223 e. The van der Waals surface area contributed by atoms with Gasteiger partial charge in [0.15, 0.2) is 0 Å². The Morgan fingerprint density at radius 1 is 1.06 bits per heavy atom. The van der Waals surface area contributed by atoms with Crippen molar-refractivity contribution in [2.75, 3.05) is 0 Å². The zero-order valence-electron chi connectivity index (χ0n) is 11.7. The Hall–Kier alpha value is -0.530. The molecule has 0 bridgehead atoms. The second-order valence-corrected chi connectivity index (χ2v) is 5.25. The first kappa shape index (κ1) is 15.5. The molecule has 0 aliphatic carbocycles. The number of carbonyl (C=O) groups excluding carboxylic acids is 1. The fraction of sp³-hybridized carbons (Fsp3) is 0.929. The van der Waals surface area contributed by atoms with E-state index in [1.807, 2.05) is 0 Å². The van der Waals surface area contributed by atoms with Crippen molar-refractivity contribution in [3.05, 3.63) is 0 Å². The van der Waals surface area contributed by atoms with Crippen molar-refractivity contribution in [1.82, 2.24) is 5.32 Å². The molecule has 0 radical (unpaired) electrons. The minimum absolute atomic E-state index is 0.201. The second-order valence-electron chi connectivity index (χ2n) is 5.25. The molecule has 1 N–H and O–H groups in total. The Morgan fingerprint density at radius 3 is 2.06 bits per heavy atom. The van der Waals surface area contributed by atoms with Crippen LogP contribution in [0.1, 0.15) is 66.7 Å². The first-order valence-electron chi connectivity index (χ1n) is 6.81. The highest BCUT2D eigenvalue weighted by atomic mass is 16.1. The van der Waals surface area contributed by atoms with Crippen LogP contribution in [0.15, 0.2) is 0 Å². The van der Waals surface area contributed by atoms with Crippen LogP contribution in [0.25, 0.3) is 0 Å². The standard InChI is InChI=1S/C14H29NO/c1-6-13(7-2)14(16)15-12(5)10-8-9-11(3)4/h11-13H,6-10H2,1-5H3,(H,15,16). The van der Waals surface area contributed by atoms with Gasteiger partial charge in [0.1, 0.15) is 0 Å². The summed E-state index contributed by atoms with van der Waals surface area (Å²) in [5.41, 5.74) is 0. The minimum atomic E-state index is 0.201. The van der Waals surface area contributed by atoms with Crippen molar-refractivity contribution in [2.24, 2.45) is 11.8 Å². The van der Waals surface area contributed by atoms with Gasteiger partial charge in [0.25, 0.3) is 0 Å². The van der Waals surface area contributed by atoms with Gasteiger partial charge in [0, 0.05) is 12.0 Å². The van der Waals surface area contributed by atoms with E-state index in [0.717, 1.165) is 25.2 Å². The van der Waals surface area contributed by atoms with E-state index >= 15 is 0 Å². The molecule has 0 saturated heterocycles. The quantitative estimate of drug-likeness (QED) is 0.672. The normalized spacial score (nSPS) is 13.2. The van der Waals surface area contributed by atoms with Crippen LogP contribution in [-0.2, 0) is 4.79 Å². The molecular formula is C14H29NO. The molecule has 0 aliphatic rings. The van der Waals surface area contributed by atoms with Crippen LogP contribution >= 0.6 is 0 Å². The van der Waals surface area contributed by atoms with Gasteiger partial charge in [-0.3, -0.25) is 4.79 Å². The average Bonchev–Trinajstić information content (AvgIpc) is 2.18. The van der Waals surface area contributed by atoms with Gasteiger partial charge >= 0.3 is 0 Å². The third-order valence-electron chi connectivity index (χ3n) is 3.16. The number of nitrogens with one attached hydrogen (secondary N) is 1. The van der Waals surface area contributed by atoms with Crippen LogP contribution in [0, 0.1) is 11.8 Å². The van der Waals surface area contributed by atoms with Crippen molar-refractivity contribution >= 4 is 5.91 Å². The lowest BCUT2D eigenvalue weighted by atomic mass is 10.0. The summed E-state index contributed by atoms with van der Waals surface area (Å²) in [6.45, 7) is 10.8. The zero-order valence-corrected chi connectivity index (χ0v) is 11.7. The van der Waals surface area contributed by atoms with Gasteiger partial charge in [-0.05, 0) is 32.1 Å². The molecule has 0 fully saturated rings. The van der Waals surface area contributed by atoms with E-state index in [9.17, 15) is 4.79 Å². The molecule has 1 amide bonds. The van der Waals surface area contributed by atoms with Crippen molar-refractivity contribution in [3.63, 3.8) is 0 Å². The van der Waals surface area contributed by atoms with Gasteiger partial charge in [-0.25, -0.2) is 0 Å². The molecule has 0 aromatic heterocycles. The lowest BCUT2D eigenvalue weighted by molar-refractivity contribution is -0.125. The Kier molecular flexibility index (Phi) is 8.32. The van der Waals surface area contributed by atoms with E-state index in [-0.39, 0.29) is 11.8 Å². The van der Waals surface area contributed by atoms with Gasteiger partial charge < -0.3 is 5.32 Å². The van der Waals surface area contributed by atoms with Gasteiger partial charge in [-0.15, -0.1) is 0 Å². The maximum atomic E-state index is 11.8. The largest absolute Gasteiger partial charge is 0.353 e. The monoisotopic (exact) mass is 227 g/mol. The van der Waals surface area contributed by atoms with E-state index in [2.05, 4.69) is 39.9 Å². The molecule has 0 saturated carbocycles. The van der Waals surface area contributed by atoms with E-state index in [0.29, 0.717) is 6.04 Å². The summed E-state index contributed by atoms with van der Waals surface area (Å²) in [6.07, 6.45) is 5.46. The predicted molar refractivity (Wildman–Crippen MR) is 70.4 cm³/mol. The highest BCUT2D eigenvalue weighted by Gasteiger charge is 2.15. The predicted octanol–water partition coefficient (Wildman–Crippen LogP) is 3.75. The summed E-state index contributed by atoms with van der Waals surface area (Å²) in [5, 5.41) is 3.12. The first-order chi connectivity index (χ1) is 7.51. The molecule has 2 heteroatoms. The summed E-state index contributed by atoms with van der Waals surface area (Å²) in [5.74, 6) is 1.21. The molecule has 0 heterocycles. The Bertz CT molecular complexity index is 185. The molecule has 0 spiro atoms. The van der Waals surface area contributed by atoms with Crippen LogP contribution in [-0.4, -0.2) is 11.9 Å². The maximum Gasteiger partial charge on any atom is 0.223 e. The third-order valence-corrected chi connectivity index (χ3v) is 3.16. The number of rotatable bonds is 8. The van der Waals surface area contributed by atoms with E-state index in [4.69, 9.17) is 0 Å². The molecule has 1 atom stereocenters. The van der Waals surface area contributed by atoms with E-state index < -0.39 is 0 Å². The van der Waals surface area contributed by atoms with Crippen LogP contribution in [0.3, 0.4) is 0 Å². The maximum absolute atomic E-state index is 11.8. The third kappa shape index (κ3) is 6.86. The zero-order chi connectivity index (χ0) is 12.6. The molecule has 2 nitrogen and oxygen atoms in total. The molecule has 0 aromatic rings. The summed E-state index contributed by atoms with van der Waals surface area (Å²) in [6, 6.07) is 0.326. The van der Waals surface area contributed by atoms with Gasteiger partial charge in [0.05, 0.1) is 0 Å². The summed E-state index contributed by atoms with van der Waals surface area (Å²) >= 11 is 0. The second kappa shape index (κ2) is 8.60. The highest BCUT2D eigenvalue weighted by Crippen LogP contribution is 2.11. The lowest BCUT2D eigenvalue weighted by Crippen LogP contribution is -2.36. The Balaban J connectivity index is 3.77. The van der Waals surface area contributed by atoms with Crippen molar-refractivity contribution in [3.8, 4) is 0 Å². The SMILES string of the molecule is CCC(CC)C(=O)NC(C)CCCC(C)C. The fourth-order valence-electron chi connectivity index (χ4n) is 1.92. The highest BCUT2D eigenvalue weighted by molar-refractivity contribution is 5.78. The lowest BCUT2D eigenvalue weighted by Gasteiger charge is -2.18. The molecule has 96 valence electrons. The van der Waals surface area contributed by atoms with Crippen LogP contribution in [0.5, 0.6) is 0 Å². The summed E-state index contributed by atoms with van der Waals surface area (Å²) < 4.78 is 0. The first-order valence-corrected chi connectivity index (χ1v) is 6.81. The minimum Gasteiger partial charge on any atom is -0.353 e. The fourth-order valence-corrected chi connectivity index (χ4v) is 1.92. The molecule has 0 aromatic carbocycles. The molecule has 0 aliphatic heterocycles. The van der Waals surface area contributed by atoms with Gasteiger partial charge in [-0.1, -0.05) is 40.5 Å². The Morgan fingerprint density at radius 2 is 1.62 bits per heavy atom. The Labute approximate surface area is 101 Å². The van der Waals surface area contributed by atoms with E-state index in [1.54, 1.807) is 0 Å². The van der Waals surface area contributed by atoms with Gasteiger partial charge in [0.2, 0.25) is 5.91 Å². The van der Waals surface area contributed by atoms with Crippen molar-refractivity contribution in [1.29, 1.82) is 0 Å². The van der Waals surface area contributed by atoms with Crippen molar-refractivity contribution in [2.45, 2.75) is 72.8 Å². The van der Waals surface area contributed by atoms with Crippen LogP contribution < -0.4 is 5.32 Å². The van der Waals surface area contributed by atoms with Gasteiger partial charge in [-0.2, -0.15) is 0 Å². The number of carbonyl (C=O) groups is 1. The number of hydrogen-bond donors (Lipinski definition) is 1. The van der Waals surface area contributed by atoms with E-state index in [1.165, 1.54) is 12.8 Å². The number of hydrogen-bond acceptors (Lipinski definition) is 1. The molecule has 1 unspecified atom stereocenters. The topological polar surface area (TPSA) is 29.1 Å². The van der Waals surface area contributed by atoms with Crippen LogP contribution in [0.2, 0.25) is 0 Å². The molecule has 16 heavy (non-hydrogen) atoms. The molecular weight excluding hydrogens is 198 g/mol. The van der Waals surface area contributed by atoms with Crippen LogP contribution in [0.4, 0.5) is 0 Å². The average molecular weight is 227 g/mol.